The highest BCUT2D eigenvalue weighted by molar-refractivity contribution is 8.93. The molecule has 1 heterocycles. The fourth-order valence-corrected chi connectivity index (χ4v) is 5.54. The second kappa shape index (κ2) is 6.60. The van der Waals surface area contributed by atoms with Crippen molar-refractivity contribution in [3.63, 3.8) is 0 Å². The predicted octanol–water partition coefficient (Wildman–Crippen LogP) is 4.60. The molecule has 3 atom stereocenters. The molecule has 1 N–H and O–H groups in total. The highest BCUT2D eigenvalue weighted by Gasteiger charge is 2.53. The molecule has 1 aromatic carbocycles. The SMILES string of the molecule is Br.C/C=C/CN1CC[C@@]23CCCC[C@H]2[C@@H]1Cc1ccc(O)cc13. The van der Waals surface area contributed by atoms with Crippen LogP contribution in [0, 0.1) is 5.92 Å². The third-order valence-electron chi connectivity index (χ3n) is 6.51. The summed E-state index contributed by atoms with van der Waals surface area (Å²) in [5, 5.41) is 10.0. The van der Waals surface area contributed by atoms with Crippen molar-refractivity contribution in [2.45, 2.75) is 56.9 Å². The van der Waals surface area contributed by atoms with Gasteiger partial charge in [-0.05, 0) is 68.3 Å². The summed E-state index contributed by atoms with van der Waals surface area (Å²) in [5.74, 6) is 1.24. The lowest BCUT2D eigenvalue weighted by molar-refractivity contribution is -0.00522. The Labute approximate surface area is 150 Å². The number of rotatable bonds is 2. The molecule has 3 heteroatoms. The molecule has 0 amide bonds. The number of phenols is 1. The summed E-state index contributed by atoms with van der Waals surface area (Å²) in [6.07, 6.45) is 12.3. The molecule has 2 aliphatic carbocycles. The molecule has 1 saturated heterocycles. The second-order valence-corrected chi connectivity index (χ2v) is 7.44. The molecule has 1 saturated carbocycles. The van der Waals surface area contributed by atoms with E-state index in [0.29, 0.717) is 17.2 Å². The van der Waals surface area contributed by atoms with E-state index >= 15 is 0 Å². The second-order valence-electron chi connectivity index (χ2n) is 7.44. The van der Waals surface area contributed by atoms with Gasteiger partial charge in [0.25, 0.3) is 0 Å². The average molecular weight is 378 g/mol. The number of hydrogen-bond donors (Lipinski definition) is 1. The van der Waals surface area contributed by atoms with Gasteiger partial charge in [0.2, 0.25) is 0 Å². The molecule has 0 spiro atoms. The average Bonchev–Trinajstić information content (AvgIpc) is 2.55. The summed E-state index contributed by atoms with van der Waals surface area (Å²) < 4.78 is 0. The third-order valence-corrected chi connectivity index (χ3v) is 6.51. The van der Waals surface area contributed by atoms with Crippen LogP contribution in [0.2, 0.25) is 0 Å². The Morgan fingerprint density at radius 1 is 1.30 bits per heavy atom. The van der Waals surface area contributed by atoms with Crippen molar-refractivity contribution in [1.29, 1.82) is 0 Å². The molecule has 1 aliphatic heterocycles. The number of aromatic hydroxyl groups is 1. The number of hydrogen-bond acceptors (Lipinski definition) is 2. The molecule has 2 fully saturated rings. The van der Waals surface area contributed by atoms with E-state index in [-0.39, 0.29) is 17.0 Å². The molecule has 2 bridgehead atoms. The van der Waals surface area contributed by atoms with Gasteiger partial charge in [-0.2, -0.15) is 0 Å². The summed E-state index contributed by atoms with van der Waals surface area (Å²) in [4.78, 5) is 2.71. The van der Waals surface area contributed by atoms with Crippen LogP contribution >= 0.6 is 17.0 Å². The van der Waals surface area contributed by atoms with Gasteiger partial charge >= 0.3 is 0 Å². The van der Waals surface area contributed by atoms with Crippen LogP contribution in [0.1, 0.15) is 50.2 Å². The minimum atomic E-state index is 0. The predicted molar refractivity (Wildman–Crippen MR) is 101 cm³/mol. The van der Waals surface area contributed by atoms with Crippen molar-refractivity contribution >= 4 is 17.0 Å². The molecule has 0 unspecified atom stereocenters. The number of benzene rings is 1. The number of halogens is 1. The molecule has 1 aromatic rings. The maximum Gasteiger partial charge on any atom is 0.115 e. The van der Waals surface area contributed by atoms with Crippen molar-refractivity contribution in [2.75, 3.05) is 13.1 Å². The number of piperidine rings is 1. The van der Waals surface area contributed by atoms with Crippen molar-refractivity contribution in [3.05, 3.63) is 41.5 Å². The van der Waals surface area contributed by atoms with E-state index in [9.17, 15) is 5.11 Å². The molecule has 3 aliphatic rings. The lowest BCUT2D eigenvalue weighted by Crippen LogP contribution is -2.60. The molecule has 126 valence electrons. The van der Waals surface area contributed by atoms with Gasteiger partial charge in [0.15, 0.2) is 0 Å². The standard InChI is InChI=1S/C20H27NO.BrH/c1-2-3-11-21-12-10-20-9-5-4-6-17(20)19(21)13-15-7-8-16(22)14-18(15)20;/h2-3,7-8,14,17,19,22H,4-6,9-13H2,1H3;1H/b3-2+;/t17-,19-,20-;/m0./s1. The van der Waals surface area contributed by atoms with E-state index in [1.54, 1.807) is 0 Å². The maximum atomic E-state index is 10.0. The Bertz CT molecular complexity index is 599. The van der Waals surface area contributed by atoms with Gasteiger partial charge in [-0.3, -0.25) is 4.90 Å². The Kier molecular flexibility index (Phi) is 4.89. The first kappa shape index (κ1) is 17.0. The number of allylic oxidation sites excluding steroid dienone is 1. The maximum absolute atomic E-state index is 10.0. The Balaban J connectivity index is 0.00000156. The Hall–Kier alpha value is -0.800. The normalized spacial score (nSPS) is 32.9. The Morgan fingerprint density at radius 2 is 2.17 bits per heavy atom. The lowest BCUT2D eigenvalue weighted by atomic mass is 9.52. The van der Waals surface area contributed by atoms with Gasteiger partial charge in [-0.1, -0.05) is 31.1 Å². The zero-order valence-corrected chi connectivity index (χ0v) is 15.7. The molecular weight excluding hydrogens is 350 g/mol. The van der Waals surface area contributed by atoms with Crippen LogP contribution in [0.25, 0.3) is 0 Å². The van der Waals surface area contributed by atoms with E-state index in [0.717, 1.165) is 12.5 Å². The minimum Gasteiger partial charge on any atom is -0.508 e. The smallest absolute Gasteiger partial charge is 0.115 e. The van der Waals surface area contributed by atoms with Gasteiger partial charge < -0.3 is 5.11 Å². The van der Waals surface area contributed by atoms with Crippen LogP contribution in [0.3, 0.4) is 0 Å². The van der Waals surface area contributed by atoms with Crippen LogP contribution in [-0.4, -0.2) is 29.1 Å². The van der Waals surface area contributed by atoms with Gasteiger partial charge in [0.1, 0.15) is 5.75 Å². The fraction of sp³-hybridized carbons (Fsp3) is 0.600. The third kappa shape index (κ3) is 2.66. The summed E-state index contributed by atoms with van der Waals surface area (Å²) in [6, 6.07) is 6.85. The van der Waals surface area contributed by atoms with E-state index < -0.39 is 0 Å². The van der Waals surface area contributed by atoms with Crippen molar-refractivity contribution in [2.24, 2.45) is 5.92 Å². The first-order valence-corrected chi connectivity index (χ1v) is 8.92. The van der Waals surface area contributed by atoms with E-state index in [1.165, 1.54) is 56.2 Å². The number of nitrogens with zero attached hydrogens (tertiary/aromatic N) is 1. The zero-order valence-electron chi connectivity index (χ0n) is 14.0. The van der Waals surface area contributed by atoms with Crippen LogP contribution in [0.4, 0.5) is 0 Å². The van der Waals surface area contributed by atoms with E-state index in [1.807, 2.05) is 6.07 Å². The van der Waals surface area contributed by atoms with Crippen LogP contribution in [0.5, 0.6) is 5.75 Å². The summed E-state index contributed by atoms with van der Waals surface area (Å²) in [7, 11) is 0. The fourth-order valence-electron chi connectivity index (χ4n) is 5.54. The number of phenolic OH excluding ortho intramolecular Hbond substituents is 1. The van der Waals surface area contributed by atoms with Crippen molar-refractivity contribution in [3.8, 4) is 5.75 Å². The monoisotopic (exact) mass is 377 g/mol. The minimum absolute atomic E-state index is 0. The highest BCUT2D eigenvalue weighted by atomic mass is 79.9. The van der Waals surface area contributed by atoms with Crippen LogP contribution in [0.15, 0.2) is 30.4 Å². The quantitative estimate of drug-likeness (QED) is 0.760. The highest BCUT2D eigenvalue weighted by Crippen LogP contribution is 2.56. The van der Waals surface area contributed by atoms with Gasteiger partial charge in [0.05, 0.1) is 0 Å². The largest absolute Gasteiger partial charge is 0.508 e. The van der Waals surface area contributed by atoms with E-state index in [2.05, 4.69) is 36.1 Å². The van der Waals surface area contributed by atoms with Crippen LogP contribution in [-0.2, 0) is 11.8 Å². The molecule has 23 heavy (non-hydrogen) atoms. The van der Waals surface area contributed by atoms with Crippen molar-refractivity contribution < 1.29 is 5.11 Å². The molecule has 0 aromatic heterocycles. The molecule has 0 radical (unpaired) electrons. The number of likely N-dealkylation sites (tertiary alicyclic amines) is 1. The van der Waals surface area contributed by atoms with Crippen molar-refractivity contribution in [1.82, 2.24) is 4.90 Å². The lowest BCUT2D eigenvalue weighted by Gasteiger charge is -2.59. The molecular formula is C20H28BrNO. The van der Waals surface area contributed by atoms with Crippen LogP contribution < -0.4 is 0 Å². The molecule has 2 nitrogen and oxygen atoms in total. The number of fused-ring (bicyclic) bond motifs is 1. The van der Waals surface area contributed by atoms with Gasteiger partial charge in [0, 0.05) is 18.0 Å². The Morgan fingerprint density at radius 3 is 3.00 bits per heavy atom. The first-order chi connectivity index (χ1) is 10.7. The summed E-state index contributed by atoms with van der Waals surface area (Å²) in [5.41, 5.74) is 3.33. The molecule has 4 rings (SSSR count). The first-order valence-electron chi connectivity index (χ1n) is 8.92. The van der Waals surface area contributed by atoms with Gasteiger partial charge in [-0.15, -0.1) is 17.0 Å². The summed E-state index contributed by atoms with van der Waals surface area (Å²) >= 11 is 0. The topological polar surface area (TPSA) is 23.5 Å². The van der Waals surface area contributed by atoms with E-state index in [4.69, 9.17) is 0 Å². The summed E-state index contributed by atoms with van der Waals surface area (Å²) in [6.45, 7) is 4.43. The van der Waals surface area contributed by atoms with Gasteiger partial charge in [-0.25, -0.2) is 0 Å². The zero-order chi connectivity index (χ0) is 15.2.